The molecule has 0 unspecified atom stereocenters. The predicted molar refractivity (Wildman–Crippen MR) is 232 cm³/mol. The van der Waals surface area contributed by atoms with E-state index >= 15 is 0 Å². The van der Waals surface area contributed by atoms with Crippen molar-refractivity contribution in [3.05, 3.63) is 60.2 Å². The summed E-state index contributed by atoms with van der Waals surface area (Å²) in [4.78, 5) is 15.7. The Morgan fingerprint density at radius 3 is 1.67 bits per heavy atom. The van der Waals surface area contributed by atoms with E-state index in [1.54, 1.807) is 0 Å². The third-order valence-electron chi connectivity index (χ3n) is 10.3. The number of rotatable bonds is 30. The molecule has 0 saturated carbocycles. The minimum absolute atomic E-state index is 0.957. The van der Waals surface area contributed by atoms with Crippen LogP contribution in [0.1, 0.15) is 175 Å². The lowest BCUT2D eigenvalue weighted by atomic mass is 9.99. The smallest absolute Gasteiger partial charge is 0.0665 e. The molecule has 0 saturated heterocycles. The van der Waals surface area contributed by atoms with Crippen LogP contribution in [0.2, 0.25) is 0 Å². The molecule has 0 N–H and O–H groups in total. The zero-order valence-corrected chi connectivity index (χ0v) is 34.5. The molecular formula is C47H78N4. The molecule has 286 valence electrons. The van der Waals surface area contributed by atoms with Gasteiger partial charge in [-0.05, 0) is 101 Å². The fourth-order valence-electron chi connectivity index (χ4n) is 6.69. The summed E-state index contributed by atoms with van der Waals surface area (Å²) < 4.78 is 0. The van der Waals surface area contributed by atoms with Crippen LogP contribution in [0.5, 0.6) is 0 Å². The molecule has 0 atom stereocenters. The van der Waals surface area contributed by atoms with Crippen LogP contribution in [-0.2, 0) is 6.42 Å². The van der Waals surface area contributed by atoms with Crippen LogP contribution in [0.3, 0.4) is 0 Å². The quantitative estimate of drug-likeness (QED) is 0.0462. The van der Waals surface area contributed by atoms with Gasteiger partial charge in [-0.15, -0.1) is 0 Å². The van der Waals surface area contributed by atoms with Crippen molar-refractivity contribution in [2.24, 2.45) is 9.98 Å². The van der Waals surface area contributed by atoms with Crippen molar-refractivity contribution in [1.29, 1.82) is 0 Å². The molecule has 0 spiro atoms. The van der Waals surface area contributed by atoms with Gasteiger partial charge in [0.05, 0.1) is 34.2 Å². The Balaban J connectivity index is 2.38. The number of para-hydroxylation sites is 1. The first kappa shape index (κ1) is 44.3. The van der Waals surface area contributed by atoms with Gasteiger partial charge < -0.3 is 9.80 Å². The van der Waals surface area contributed by atoms with E-state index in [0.29, 0.717) is 0 Å². The summed E-state index contributed by atoms with van der Waals surface area (Å²) in [5, 5.41) is 0. The standard InChI is InChI=1S/C47H78N4/c1-8-13-16-19-21-22-23-24-25-26-28-33-41-34-31-32-35-43(41)49-45(37-29-18-15-10-3)44(36-30-27-20-17-14-9-2)48-42-38-39-46(50(6)11-4)47(40-42)51(7)12-5/h24-25,31-32,34-35,38-40H,8-23,26-30,33,36-37H2,1-7H3. The number of hydrogen-bond acceptors (Lipinski definition) is 4. The number of aliphatic imine (C=N–C) groups is 2. The van der Waals surface area contributed by atoms with Gasteiger partial charge in [0.15, 0.2) is 0 Å². The van der Waals surface area contributed by atoms with E-state index in [9.17, 15) is 0 Å². The SMILES string of the molecule is CCCCCCCCC=CCCCc1ccccc1N=C(CCCCCC)C(CCCCCCCC)=Nc1ccc(N(C)CC)c(N(C)CC)c1. The van der Waals surface area contributed by atoms with Gasteiger partial charge in [0, 0.05) is 27.2 Å². The number of hydrogen-bond donors (Lipinski definition) is 0. The highest BCUT2D eigenvalue weighted by Crippen LogP contribution is 2.33. The lowest BCUT2D eigenvalue weighted by molar-refractivity contribution is 0.611. The van der Waals surface area contributed by atoms with E-state index in [-0.39, 0.29) is 0 Å². The zero-order valence-electron chi connectivity index (χ0n) is 34.5. The maximum Gasteiger partial charge on any atom is 0.0665 e. The summed E-state index contributed by atoms with van der Waals surface area (Å²) in [5.74, 6) is 0. The number of anilines is 2. The van der Waals surface area contributed by atoms with E-state index in [1.165, 1.54) is 131 Å². The number of allylic oxidation sites excluding steroid dienone is 2. The highest BCUT2D eigenvalue weighted by molar-refractivity contribution is 6.43. The Bertz CT molecular complexity index is 1260. The molecule has 0 amide bonds. The van der Waals surface area contributed by atoms with Gasteiger partial charge in [-0.25, -0.2) is 0 Å². The zero-order chi connectivity index (χ0) is 36.9. The van der Waals surface area contributed by atoms with Crippen LogP contribution in [0.25, 0.3) is 0 Å². The maximum atomic E-state index is 5.53. The maximum absolute atomic E-state index is 5.53. The average Bonchev–Trinajstić information content (AvgIpc) is 3.15. The van der Waals surface area contributed by atoms with Gasteiger partial charge in [0.1, 0.15) is 0 Å². The van der Waals surface area contributed by atoms with Crippen LogP contribution in [-0.4, -0.2) is 38.6 Å². The van der Waals surface area contributed by atoms with E-state index < -0.39 is 0 Å². The predicted octanol–water partition coefficient (Wildman–Crippen LogP) is 14.8. The third kappa shape index (κ3) is 18.4. The van der Waals surface area contributed by atoms with Crippen molar-refractivity contribution in [3.63, 3.8) is 0 Å². The van der Waals surface area contributed by atoms with Gasteiger partial charge in [0.2, 0.25) is 0 Å². The summed E-state index contributed by atoms with van der Waals surface area (Å²) in [6, 6.07) is 15.7. The topological polar surface area (TPSA) is 31.2 Å². The molecule has 0 aromatic heterocycles. The summed E-state index contributed by atoms with van der Waals surface area (Å²) in [6.45, 7) is 13.3. The second-order valence-electron chi connectivity index (χ2n) is 14.7. The van der Waals surface area contributed by atoms with Crippen molar-refractivity contribution in [2.45, 2.75) is 176 Å². The van der Waals surface area contributed by atoms with E-state index in [2.05, 4.69) is 113 Å². The van der Waals surface area contributed by atoms with Gasteiger partial charge >= 0.3 is 0 Å². The lowest BCUT2D eigenvalue weighted by Crippen LogP contribution is -2.22. The molecule has 4 heteroatoms. The van der Waals surface area contributed by atoms with Crippen molar-refractivity contribution >= 4 is 34.2 Å². The molecule has 0 aliphatic rings. The second kappa shape index (κ2) is 28.7. The molecular weight excluding hydrogens is 621 g/mol. The van der Waals surface area contributed by atoms with Crippen LogP contribution in [0, 0.1) is 0 Å². The number of unbranched alkanes of at least 4 members (excludes halogenated alkanes) is 15. The van der Waals surface area contributed by atoms with Gasteiger partial charge in [-0.3, -0.25) is 9.98 Å². The highest BCUT2D eigenvalue weighted by Gasteiger charge is 2.15. The second-order valence-corrected chi connectivity index (χ2v) is 14.7. The Morgan fingerprint density at radius 2 is 1.04 bits per heavy atom. The highest BCUT2D eigenvalue weighted by atomic mass is 15.2. The van der Waals surface area contributed by atoms with Gasteiger partial charge in [0.25, 0.3) is 0 Å². The summed E-state index contributed by atoms with van der Waals surface area (Å²) in [7, 11) is 4.37. The average molecular weight is 699 g/mol. The van der Waals surface area contributed by atoms with E-state index in [4.69, 9.17) is 9.98 Å². The van der Waals surface area contributed by atoms with Crippen molar-refractivity contribution in [2.75, 3.05) is 37.0 Å². The van der Waals surface area contributed by atoms with E-state index in [0.717, 1.165) is 63.0 Å². The molecule has 0 aliphatic heterocycles. The van der Waals surface area contributed by atoms with Crippen molar-refractivity contribution < 1.29 is 0 Å². The largest absolute Gasteiger partial charge is 0.373 e. The van der Waals surface area contributed by atoms with Crippen LogP contribution < -0.4 is 9.80 Å². The van der Waals surface area contributed by atoms with Crippen LogP contribution in [0.15, 0.2) is 64.6 Å². The normalized spacial score (nSPS) is 12.3. The molecule has 4 nitrogen and oxygen atoms in total. The monoisotopic (exact) mass is 699 g/mol. The van der Waals surface area contributed by atoms with Gasteiger partial charge in [-0.2, -0.15) is 0 Å². The first-order valence-electron chi connectivity index (χ1n) is 21.4. The summed E-state index contributed by atoms with van der Waals surface area (Å²) >= 11 is 0. The van der Waals surface area contributed by atoms with Crippen LogP contribution in [0.4, 0.5) is 22.7 Å². The van der Waals surface area contributed by atoms with Crippen molar-refractivity contribution in [3.8, 4) is 0 Å². The molecule has 0 radical (unpaired) electrons. The molecule has 2 rings (SSSR count). The molecule has 0 bridgehead atoms. The summed E-state index contributed by atoms with van der Waals surface area (Å²) in [5.41, 5.74) is 8.45. The fourth-order valence-corrected chi connectivity index (χ4v) is 6.69. The minimum atomic E-state index is 0.957. The molecule has 0 fully saturated rings. The number of aryl methyl sites for hydroxylation is 1. The van der Waals surface area contributed by atoms with Crippen molar-refractivity contribution in [1.82, 2.24) is 0 Å². The van der Waals surface area contributed by atoms with Crippen LogP contribution >= 0.6 is 0 Å². The Kier molecular flexibility index (Phi) is 24.9. The summed E-state index contributed by atoms with van der Waals surface area (Å²) in [6.07, 6.45) is 32.2. The third-order valence-corrected chi connectivity index (χ3v) is 10.3. The Labute approximate surface area is 316 Å². The Morgan fingerprint density at radius 1 is 0.529 bits per heavy atom. The molecule has 51 heavy (non-hydrogen) atoms. The molecule has 2 aromatic carbocycles. The fraction of sp³-hybridized carbons (Fsp3) is 0.660. The first-order valence-corrected chi connectivity index (χ1v) is 21.4. The molecule has 0 heterocycles. The Hall–Kier alpha value is -2.88. The van der Waals surface area contributed by atoms with E-state index in [1.807, 2.05) is 0 Å². The first-order chi connectivity index (χ1) is 25.0. The molecule has 2 aromatic rings. The van der Waals surface area contributed by atoms with Gasteiger partial charge in [-0.1, -0.05) is 135 Å². The number of nitrogens with zero attached hydrogens (tertiary/aromatic N) is 4. The lowest BCUT2D eigenvalue weighted by Gasteiger charge is -2.26. The number of benzene rings is 2. The minimum Gasteiger partial charge on any atom is -0.373 e. The molecule has 0 aliphatic carbocycles.